The first-order chi connectivity index (χ1) is 8.15. The predicted molar refractivity (Wildman–Crippen MR) is 64.6 cm³/mol. The van der Waals surface area contributed by atoms with Crippen LogP contribution in [0.1, 0.15) is 33.1 Å². The van der Waals surface area contributed by atoms with E-state index in [-0.39, 0.29) is 6.61 Å². The van der Waals surface area contributed by atoms with Crippen LogP contribution in [-0.2, 0) is 14.3 Å². The van der Waals surface area contributed by atoms with Gasteiger partial charge in [-0.2, -0.15) is 0 Å². The second-order valence-electron chi connectivity index (χ2n) is 3.46. The lowest BCUT2D eigenvalue weighted by Crippen LogP contribution is -2.41. The van der Waals surface area contributed by atoms with Crippen LogP contribution in [0.15, 0.2) is 12.7 Å². The van der Waals surface area contributed by atoms with Gasteiger partial charge < -0.3 is 14.8 Å². The Hall–Kier alpha value is -1.52. The molecule has 0 aliphatic heterocycles. The predicted octanol–water partition coefficient (Wildman–Crippen LogP) is 2.02. The third-order valence-electron chi connectivity index (χ3n) is 2.00. The van der Waals surface area contributed by atoms with E-state index in [1.807, 2.05) is 6.92 Å². The number of amides is 1. The van der Waals surface area contributed by atoms with Crippen LogP contribution in [0.3, 0.4) is 0 Å². The summed E-state index contributed by atoms with van der Waals surface area (Å²) in [7, 11) is 0. The first-order valence-electron chi connectivity index (χ1n) is 5.86. The van der Waals surface area contributed by atoms with E-state index in [0.29, 0.717) is 13.0 Å². The minimum absolute atomic E-state index is 0.277. The fraction of sp³-hybridized carbons (Fsp3) is 0.667. The number of hydrogen-bond donors (Lipinski definition) is 1. The van der Waals surface area contributed by atoms with E-state index >= 15 is 0 Å². The quantitative estimate of drug-likeness (QED) is 0.402. The van der Waals surface area contributed by atoms with E-state index in [1.165, 1.54) is 0 Å². The SMILES string of the molecule is C=CCC(NC(=O)OCCCC)C(=O)OCC. The molecule has 5 heteroatoms. The lowest BCUT2D eigenvalue weighted by molar-refractivity contribution is -0.145. The number of hydrogen-bond acceptors (Lipinski definition) is 4. The lowest BCUT2D eigenvalue weighted by atomic mass is 10.2. The van der Waals surface area contributed by atoms with Crippen LogP contribution < -0.4 is 5.32 Å². The average Bonchev–Trinajstić information content (AvgIpc) is 2.29. The highest BCUT2D eigenvalue weighted by Gasteiger charge is 2.20. The Morgan fingerprint density at radius 3 is 2.59 bits per heavy atom. The Bertz CT molecular complexity index is 253. The molecule has 1 atom stereocenters. The molecule has 98 valence electrons. The van der Waals surface area contributed by atoms with Crippen LogP contribution in [0.2, 0.25) is 0 Å². The van der Waals surface area contributed by atoms with Crippen molar-refractivity contribution in [1.82, 2.24) is 5.32 Å². The Balaban J connectivity index is 4.09. The average molecular weight is 243 g/mol. The van der Waals surface area contributed by atoms with E-state index in [4.69, 9.17) is 9.47 Å². The van der Waals surface area contributed by atoms with Gasteiger partial charge in [-0.25, -0.2) is 9.59 Å². The maximum absolute atomic E-state index is 11.5. The number of carbonyl (C=O) groups excluding carboxylic acids is 2. The minimum Gasteiger partial charge on any atom is -0.464 e. The Morgan fingerprint density at radius 1 is 1.35 bits per heavy atom. The number of nitrogens with one attached hydrogen (secondary N) is 1. The summed E-state index contributed by atoms with van der Waals surface area (Å²) in [6.45, 7) is 7.87. The maximum atomic E-state index is 11.5. The summed E-state index contributed by atoms with van der Waals surface area (Å²) in [6.07, 6.45) is 3.02. The normalized spacial score (nSPS) is 11.4. The monoisotopic (exact) mass is 243 g/mol. The molecule has 0 spiro atoms. The summed E-state index contributed by atoms with van der Waals surface area (Å²) in [5.41, 5.74) is 0. The maximum Gasteiger partial charge on any atom is 0.407 e. The van der Waals surface area contributed by atoms with Gasteiger partial charge in [0, 0.05) is 0 Å². The molecule has 1 N–H and O–H groups in total. The molecule has 1 unspecified atom stereocenters. The van der Waals surface area contributed by atoms with E-state index in [9.17, 15) is 9.59 Å². The Kier molecular flexibility index (Phi) is 8.82. The lowest BCUT2D eigenvalue weighted by Gasteiger charge is -2.15. The van der Waals surface area contributed by atoms with Crippen molar-refractivity contribution in [1.29, 1.82) is 0 Å². The van der Waals surface area contributed by atoms with Crippen molar-refractivity contribution in [2.24, 2.45) is 0 Å². The Labute approximate surface area is 102 Å². The molecule has 0 aliphatic rings. The molecule has 1 amide bonds. The second kappa shape index (κ2) is 9.69. The zero-order valence-electron chi connectivity index (χ0n) is 10.5. The molecule has 0 aromatic heterocycles. The van der Waals surface area contributed by atoms with Crippen molar-refractivity contribution in [3.8, 4) is 0 Å². The molecule has 17 heavy (non-hydrogen) atoms. The summed E-state index contributed by atoms with van der Waals surface area (Å²) in [5, 5.41) is 2.45. The molecule has 0 bridgehead atoms. The zero-order valence-corrected chi connectivity index (χ0v) is 10.5. The molecule has 0 aliphatic carbocycles. The molecule has 0 fully saturated rings. The molecular formula is C12H21NO4. The van der Waals surface area contributed by atoms with E-state index in [2.05, 4.69) is 11.9 Å². The first kappa shape index (κ1) is 15.5. The van der Waals surface area contributed by atoms with Crippen LogP contribution in [0.5, 0.6) is 0 Å². The summed E-state index contributed by atoms with van der Waals surface area (Å²) < 4.78 is 9.72. The zero-order chi connectivity index (χ0) is 13.1. The van der Waals surface area contributed by atoms with Crippen LogP contribution in [0.4, 0.5) is 4.79 Å². The summed E-state index contributed by atoms with van der Waals surface area (Å²) in [6, 6.07) is -0.721. The van der Waals surface area contributed by atoms with E-state index in [0.717, 1.165) is 12.8 Å². The van der Waals surface area contributed by atoms with Gasteiger partial charge in [-0.3, -0.25) is 0 Å². The van der Waals surface area contributed by atoms with Gasteiger partial charge in [0.05, 0.1) is 13.2 Å². The van der Waals surface area contributed by atoms with Gasteiger partial charge in [0.15, 0.2) is 0 Å². The van der Waals surface area contributed by atoms with Crippen LogP contribution >= 0.6 is 0 Å². The fourth-order valence-corrected chi connectivity index (χ4v) is 1.12. The molecule has 0 saturated heterocycles. The molecule has 0 radical (unpaired) electrons. The van der Waals surface area contributed by atoms with Crippen molar-refractivity contribution < 1.29 is 19.1 Å². The van der Waals surface area contributed by atoms with Gasteiger partial charge in [-0.1, -0.05) is 19.4 Å². The molecule has 0 saturated carbocycles. The number of carbonyl (C=O) groups is 2. The molecule has 0 heterocycles. The van der Waals surface area contributed by atoms with Gasteiger partial charge in [0.1, 0.15) is 6.04 Å². The van der Waals surface area contributed by atoms with Crippen molar-refractivity contribution in [3.63, 3.8) is 0 Å². The van der Waals surface area contributed by atoms with Gasteiger partial charge in [-0.15, -0.1) is 6.58 Å². The molecule has 0 aromatic rings. The van der Waals surface area contributed by atoms with Crippen LogP contribution in [0, 0.1) is 0 Å². The van der Waals surface area contributed by atoms with Crippen LogP contribution in [-0.4, -0.2) is 31.3 Å². The van der Waals surface area contributed by atoms with E-state index in [1.54, 1.807) is 13.0 Å². The minimum atomic E-state index is -0.721. The summed E-state index contributed by atoms with van der Waals surface area (Å²) in [5.74, 6) is -0.472. The van der Waals surface area contributed by atoms with Crippen molar-refractivity contribution >= 4 is 12.1 Å². The highest BCUT2D eigenvalue weighted by molar-refractivity contribution is 5.81. The smallest absolute Gasteiger partial charge is 0.407 e. The number of esters is 1. The summed E-state index contributed by atoms with van der Waals surface area (Å²) in [4.78, 5) is 22.8. The van der Waals surface area contributed by atoms with Crippen LogP contribution in [0.25, 0.3) is 0 Å². The second-order valence-corrected chi connectivity index (χ2v) is 3.46. The third-order valence-corrected chi connectivity index (χ3v) is 2.00. The number of rotatable bonds is 8. The standard InChI is InChI=1S/C12H21NO4/c1-4-7-9-17-12(15)13-10(8-5-2)11(14)16-6-3/h5,10H,2,4,6-9H2,1,3H3,(H,13,15). The number of ether oxygens (including phenoxy) is 2. The topological polar surface area (TPSA) is 64.6 Å². The van der Waals surface area contributed by atoms with Gasteiger partial charge in [0.25, 0.3) is 0 Å². The summed E-state index contributed by atoms with van der Waals surface area (Å²) >= 11 is 0. The van der Waals surface area contributed by atoms with Crippen molar-refractivity contribution in [2.45, 2.75) is 39.2 Å². The molecule has 0 aromatic carbocycles. The largest absolute Gasteiger partial charge is 0.464 e. The van der Waals surface area contributed by atoms with Crippen molar-refractivity contribution in [2.75, 3.05) is 13.2 Å². The van der Waals surface area contributed by atoms with Gasteiger partial charge >= 0.3 is 12.1 Å². The number of alkyl carbamates (subject to hydrolysis) is 1. The Morgan fingerprint density at radius 2 is 2.06 bits per heavy atom. The van der Waals surface area contributed by atoms with E-state index < -0.39 is 18.1 Å². The number of unbranched alkanes of at least 4 members (excludes halogenated alkanes) is 1. The fourth-order valence-electron chi connectivity index (χ4n) is 1.12. The molecular weight excluding hydrogens is 222 g/mol. The molecule has 0 rings (SSSR count). The van der Waals surface area contributed by atoms with Gasteiger partial charge in [-0.05, 0) is 19.8 Å². The first-order valence-corrected chi connectivity index (χ1v) is 5.86. The highest BCUT2D eigenvalue weighted by Crippen LogP contribution is 1.98. The van der Waals surface area contributed by atoms with Gasteiger partial charge in [0.2, 0.25) is 0 Å². The highest BCUT2D eigenvalue weighted by atomic mass is 16.6. The van der Waals surface area contributed by atoms with Crippen molar-refractivity contribution in [3.05, 3.63) is 12.7 Å². The molecule has 5 nitrogen and oxygen atoms in total. The third kappa shape index (κ3) is 7.38.